The number of carbonyl (C=O) groups excluding carboxylic acids is 2. The Hall–Kier alpha value is -3.44. The number of amides is 3. The van der Waals surface area contributed by atoms with Crippen molar-refractivity contribution in [1.82, 2.24) is 9.80 Å². The molecule has 1 aliphatic heterocycles. The summed E-state index contributed by atoms with van der Waals surface area (Å²) in [5.41, 5.74) is 0.906. The SMILES string of the molecule is CCN(CC)CN1C(=O)N(c2ccccc2)C(=O)C1(c1ccccc1)c1ccccc1. The summed E-state index contributed by atoms with van der Waals surface area (Å²) in [5.74, 6) is -0.256. The van der Waals surface area contributed by atoms with Crippen molar-refractivity contribution in [2.45, 2.75) is 19.4 Å². The molecule has 1 heterocycles. The molecule has 3 aromatic carbocycles. The highest BCUT2D eigenvalue weighted by Crippen LogP contribution is 2.44. The van der Waals surface area contributed by atoms with Gasteiger partial charge in [-0.2, -0.15) is 0 Å². The van der Waals surface area contributed by atoms with Gasteiger partial charge < -0.3 is 0 Å². The molecule has 3 amide bonds. The molecule has 0 bridgehead atoms. The number of hydrogen-bond donors (Lipinski definition) is 0. The van der Waals surface area contributed by atoms with Gasteiger partial charge in [0.15, 0.2) is 5.54 Å². The first kappa shape index (κ1) is 20.8. The molecule has 3 aromatic rings. The van der Waals surface area contributed by atoms with Crippen LogP contribution < -0.4 is 4.90 Å². The lowest BCUT2D eigenvalue weighted by Crippen LogP contribution is -2.52. The molecule has 0 aliphatic carbocycles. The van der Waals surface area contributed by atoms with Crippen molar-refractivity contribution >= 4 is 17.6 Å². The van der Waals surface area contributed by atoms with Gasteiger partial charge in [0.05, 0.1) is 12.4 Å². The van der Waals surface area contributed by atoms with Crippen LogP contribution in [0.15, 0.2) is 91.0 Å². The fourth-order valence-electron chi connectivity index (χ4n) is 4.31. The van der Waals surface area contributed by atoms with Crippen LogP contribution in [0.4, 0.5) is 10.5 Å². The Kier molecular flexibility index (Phi) is 5.87. The van der Waals surface area contributed by atoms with Gasteiger partial charge in [0, 0.05) is 0 Å². The van der Waals surface area contributed by atoms with Crippen LogP contribution in [0.1, 0.15) is 25.0 Å². The molecule has 0 atom stereocenters. The molecular formula is C26H27N3O2. The van der Waals surface area contributed by atoms with Crippen LogP contribution in [0.5, 0.6) is 0 Å². The first-order valence-corrected chi connectivity index (χ1v) is 10.7. The zero-order valence-electron chi connectivity index (χ0n) is 17.9. The number of imide groups is 1. The Balaban J connectivity index is 1.98. The van der Waals surface area contributed by atoms with Gasteiger partial charge in [-0.25, -0.2) is 9.69 Å². The molecule has 5 heteroatoms. The van der Waals surface area contributed by atoms with Gasteiger partial charge in [0.1, 0.15) is 0 Å². The third-order valence-electron chi connectivity index (χ3n) is 5.97. The van der Waals surface area contributed by atoms with Crippen molar-refractivity contribution < 1.29 is 9.59 Å². The lowest BCUT2D eigenvalue weighted by molar-refractivity contribution is -0.124. The summed E-state index contributed by atoms with van der Waals surface area (Å²) < 4.78 is 0. The zero-order chi connectivity index (χ0) is 21.8. The van der Waals surface area contributed by atoms with E-state index in [1.54, 1.807) is 17.0 Å². The van der Waals surface area contributed by atoms with Crippen molar-refractivity contribution in [3.63, 3.8) is 0 Å². The van der Waals surface area contributed by atoms with Crippen LogP contribution in [-0.4, -0.2) is 41.5 Å². The van der Waals surface area contributed by atoms with Gasteiger partial charge in [0.25, 0.3) is 5.91 Å². The molecule has 31 heavy (non-hydrogen) atoms. The lowest BCUT2D eigenvalue weighted by Gasteiger charge is -2.38. The van der Waals surface area contributed by atoms with E-state index in [1.165, 1.54) is 4.90 Å². The average molecular weight is 414 g/mol. The predicted octanol–water partition coefficient (Wildman–Crippen LogP) is 4.70. The number of nitrogens with zero attached hydrogens (tertiary/aromatic N) is 3. The van der Waals surface area contributed by atoms with E-state index in [1.807, 2.05) is 78.9 Å². The molecule has 0 radical (unpaired) electrons. The molecular weight excluding hydrogens is 386 g/mol. The van der Waals surface area contributed by atoms with Crippen LogP contribution in [0.25, 0.3) is 0 Å². The summed E-state index contributed by atoms with van der Waals surface area (Å²) in [6.45, 7) is 6.03. The van der Waals surface area contributed by atoms with Crippen molar-refractivity contribution in [1.29, 1.82) is 0 Å². The van der Waals surface area contributed by atoms with Gasteiger partial charge in [0.2, 0.25) is 0 Å². The first-order chi connectivity index (χ1) is 15.1. The van der Waals surface area contributed by atoms with Gasteiger partial charge in [-0.05, 0) is 36.3 Å². The van der Waals surface area contributed by atoms with E-state index in [2.05, 4.69) is 18.7 Å². The minimum absolute atomic E-state index is 0.256. The smallest absolute Gasteiger partial charge is 0.288 e. The molecule has 0 spiro atoms. The normalized spacial score (nSPS) is 15.7. The third-order valence-corrected chi connectivity index (χ3v) is 5.97. The number of urea groups is 1. The van der Waals surface area contributed by atoms with Crippen molar-refractivity contribution in [3.8, 4) is 0 Å². The van der Waals surface area contributed by atoms with Gasteiger partial charge in [-0.15, -0.1) is 0 Å². The summed E-state index contributed by atoms with van der Waals surface area (Å²) in [6.07, 6.45) is 0. The summed E-state index contributed by atoms with van der Waals surface area (Å²) >= 11 is 0. The summed E-state index contributed by atoms with van der Waals surface area (Å²) in [4.78, 5) is 33.3. The van der Waals surface area contributed by atoms with Crippen molar-refractivity contribution in [2.24, 2.45) is 0 Å². The molecule has 1 aliphatic rings. The molecule has 158 valence electrons. The molecule has 0 aromatic heterocycles. The Morgan fingerprint density at radius 3 is 1.61 bits per heavy atom. The van der Waals surface area contributed by atoms with E-state index in [-0.39, 0.29) is 11.9 Å². The van der Waals surface area contributed by atoms with E-state index in [0.29, 0.717) is 12.4 Å². The van der Waals surface area contributed by atoms with Gasteiger partial charge in [-0.3, -0.25) is 14.6 Å². The van der Waals surface area contributed by atoms with Gasteiger partial charge >= 0.3 is 6.03 Å². The highest BCUT2D eigenvalue weighted by Gasteiger charge is 2.60. The highest BCUT2D eigenvalue weighted by atomic mass is 16.2. The molecule has 0 unspecified atom stereocenters. The number of carbonyl (C=O) groups is 2. The van der Waals surface area contributed by atoms with Crippen molar-refractivity contribution in [2.75, 3.05) is 24.7 Å². The first-order valence-electron chi connectivity index (χ1n) is 10.7. The fourth-order valence-corrected chi connectivity index (χ4v) is 4.31. The van der Waals surface area contributed by atoms with Gasteiger partial charge in [-0.1, -0.05) is 92.7 Å². The van der Waals surface area contributed by atoms with Crippen LogP contribution in [0.2, 0.25) is 0 Å². The minimum Gasteiger partial charge on any atom is -0.288 e. The van der Waals surface area contributed by atoms with Crippen molar-refractivity contribution in [3.05, 3.63) is 102 Å². The maximum atomic E-state index is 14.3. The van der Waals surface area contributed by atoms with Crippen LogP contribution >= 0.6 is 0 Å². The van der Waals surface area contributed by atoms with Crippen LogP contribution in [-0.2, 0) is 10.3 Å². The minimum atomic E-state index is -1.24. The quantitative estimate of drug-likeness (QED) is 0.528. The molecule has 1 fully saturated rings. The zero-order valence-corrected chi connectivity index (χ0v) is 17.9. The topological polar surface area (TPSA) is 43.9 Å². The largest absolute Gasteiger partial charge is 0.333 e. The van der Waals surface area contributed by atoms with Crippen LogP contribution in [0, 0.1) is 0 Å². The average Bonchev–Trinajstić information content (AvgIpc) is 3.05. The maximum Gasteiger partial charge on any atom is 0.333 e. The number of hydrogen-bond acceptors (Lipinski definition) is 3. The summed E-state index contributed by atoms with van der Waals surface area (Å²) in [6, 6.07) is 28.1. The van der Waals surface area contributed by atoms with Crippen LogP contribution in [0.3, 0.4) is 0 Å². The Morgan fingerprint density at radius 1 is 0.710 bits per heavy atom. The standard InChI is InChI=1S/C26H27N3O2/c1-3-27(4-2)20-28-25(31)29(23-18-12-7-13-19-23)24(30)26(28,21-14-8-5-9-15-21)22-16-10-6-11-17-22/h5-19H,3-4,20H2,1-2H3. The number of para-hydroxylation sites is 1. The van der Waals surface area contributed by atoms with E-state index in [9.17, 15) is 9.59 Å². The third kappa shape index (κ3) is 3.41. The summed E-state index contributed by atoms with van der Waals surface area (Å²) in [7, 11) is 0. The molecule has 5 nitrogen and oxygen atoms in total. The highest BCUT2D eigenvalue weighted by molar-refractivity contribution is 6.24. The number of anilines is 1. The Labute approximate surface area is 183 Å². The second-order valence-corrected chi connectivity index (χ2v) is 7.57. The fraction of sp³-hybridized carbons (Fsp3) is 0.231. The molecule has 0 saturated carbocycles. The van der Waals surface area contributed by atoms with E-state index in [0.717, 1.165) is 24.2 Å². The lowest BCUT2D eigenvalue weighted by atomic mass is 9.81. The maximum absolute atomic E-state index is 14.3. The summed E-state index contributed by atoms with van der Waals surface area (Å²) in [5, 5.41) is 0. The van der Waals surface area contributed by atoms with E-state index >= 15 is 0 Å². The second-order valence-electron chi connectivity index (χ2n) is 7.57. The number of rotatable bonds is 7. The van der Waals surface area contributed by atoms with E-state index in [4.69, 9.17) is 0 Å². The Bertz CT molecular complexity index is 995. The second kappa shape index (κ2) is 8.74. The number of benzene rings is 3. The predicted molar refractivity (Wildman–Crippen MR) is 123 cm³/mol. The molecule has 0 N–H and O–H groups in total. The van der Waals surface area contributed by atoms with E-state index < -0.39 is 5.54 Å². The molecule has 4 rings (SSSR count). The monoisotopic (exact) mass is 413 g/mol. The Morgan fingerprint density at radius 2 is 1.16 bits per heavy atom. The molecule has 1 saturated heterocycles.